The Morgan fingerprint density at radius 1 is 1.19 bits per heavy atom. The lowest BCUT2D eigenvalue weighted by atomic mass is 10.2. The molecule has 0 N–H and O–H groups in total. The van der Waals surface area contributed by atoms with Gasteiger partial charge in [-0.1, -0.05) is 42.5 Å². The van der Waals surface area contributed by atoms with E-state index in [1.807, 2.05) is 6.92 Å². The monoisotopic (exact) mass is 395 g/mol. The maximum atomic E-state index is 12.7. The number of hydrogen-bond acceptors (Lipinski definition) is 4. The van der Waals surface area contributed by atoms with Crippen LogP contribution in [0.4, 0.5) is 0 Å². The van der Waals surface area contributed by atoms with Crippen LogP contribution >= 0.6 is 0 Å². The lowest BCUT2D eigenvalue weighted by Crippen LogP contribution is -2.31. The van der Waals surface area contributed by atoms with Gasteiger partial charge in [-0.25, -0.2) is 12.6 Å². The fourth-order valence-corrected chi connectivity index (χ4v) is 4.96. The molecule has 26 heavy (non-hydrogen) atoms. The predicted octanol–water partition coefficient (Wildman–Crippen LogP) is 3.05. The highest BCUT2D eigenvalue weighted by Crippen LogP contribution is 2.25. The molecule has 2 unspecified atom stereocenters. The number of sulfonamides is 1. The average molecular weight is 396 g/mol. The Kier molecular flexibility index (Phi) is 6.29. The minimum atomic E-state index is -3.59. The molecule has 0 spiro atoms. The van der Waals surface area contributed by atoms with Crippen molar-refractivity contribution in [2.45, 2.75) is 31.3 Å². The van der Waals surface area contributed by atoms with E-state index in [0.717, 1.165) is 11.1 Å². The number of nitrogens with zero attached hydrogens (tertiary/aromatic N) is 1. The second-order valence-corrected chi connectivity index (χ2v) is 10.3. The van der Waals surface area contributed by atoms with Crippen LogP contribution in [0.5, 0.6) is 0 Å². The Morgan fingerprint density at radius 3 is 2.38 bits per heavy atom. The van der Waals surface area contributed by atoms with Crippen molar-refractivity contribution < 1.29 is 16.8 Å². The van der Waals surface area contributed by atoms with Gasteiger partial charge >= 0.3 is 0 Å². The van der Waals surface area contributed by atoms with Crippen LogP contribution < -0.4 is 0 Å². The molecule has 0 amide bonds. The van der Waals surface area contributed by atoms with E-state index in [9.17, 15) is 12.6 Å². The molecule has 142 valence electrons. The summed E-state index contributed by atoms with van der Waals surface area (Å²) in [4.78, 5) is 0.494. The van der Waals surface area contributed by atoms with Crippen molar-refractivity contribution in [1.82, 2.24) is 4.31 Å². The predicted molar refractivity (Wildman–Crippen MR) is 108 cm³/mol. The molecular weight excluding hydrogens is 370 g/mol. The molecule has 5 nitrogen and oxygen atoms in total. The summed E-state index contributed by atoms with van der Waals surface area (Å²) in [6.07, 6.45) is 3.21. The molecule has 0 aliphatic carbocycles. The first-order valence-electron chi connectivity index (χ1n) is 8.17. The molecule has 0 saturated carbocycles. The maximum Gasteiger partial charge on any atom is 0.243 e. The van der Waals surface area contributed by atoms with Gasteiger partial charge in [0.2, 0.25) is 10.0 Å². The van der Waals surface area contributed by atoms with Crippen LogP contribution in [0.15, 0.2) is 64.9 Å². The van der Waals surface area contributed by atoms with E-state index in [0.29, 0.717) is 13.0 Å². The van der Waals surface area contributed by atoms with Gasteiger partial charge in [-0.2, -0.15) is 4.31 Å². The molecule has 1 heterocycles. The number of hydrogen-bond donors (Lipinski definition) is 0. The van der Waals surface area contributed by atoms with Gasteiger partial charge in [0.05, 0.1) is 11.0 Å². The first-order valence-corrected chi connectivity index (χ1v) is 11.3. The normalized spacial score (nSPS) is 20.9. The van der Waals surface area contributed by atoms with Crippen molar-refractivity contribution >= 4 is 25.7 Å². The summed E-state index contributed by atoms with van der Waals surface area (Å²) >= 11 is 0. The quantitative estimate of drug-likeness (QED) is 0.526. The van der Waals surface area contributed by atoms with Gasteiger partial charge in [-0.05, 0) is 44.3 Å². The van der Waals surface area contributed by atoms with Crippen molar-refractivity contribution in [2.24, 2.45) is 0 Å². The third kappa shape index (κ3) is 4.94. The molecule has 1 saturated heterocycles. The van der Waals surface area contributed by atoms with Crippen LogP contribution in [0.25, 0.3) is 0 Å². The molecule has 1 aliphatic rings. The smallest absolute Gasteiger partial charge is 0.243 e. The fraction of sp³-hybridized carbons (Fsp3) is 0.316. The molecule has 0 aromatic heterocycles. The summed E-state index contributed by atoms with van der Waals surface area (Å²) in [5.41, 5.74) is 1.78. The molecule has 0 bridgehead atoms. The minimum Gasteiger partial charge on any atom is -0.290 e. The van der Waals surface area contributed by atoms with Gasteiger partial charge in [0.1, 0.15) is 9.80 Å². The van der Waals surface area contributed by atoms with Gasteiger partial charge in [0.15, 0.2) is 0 Å². The largest absolute Gasteiger partial charge is 0.290 e. The van der Waals surface area contributed by atoms with Gasteiger partial charge in [-0.3, -0.25) is 4.18 Å². The molecule has 1 fully saturated rings. The third-order valence-electron chi connectivity index (χ3n) is 4.01. The van der Waals surface area contributed by atoms with E-state index < -0.39 is 25.9 Å². The Morgan fingerprint density at radius 2 is 1.81 bits per heavy atom. The van der Waals surface area contributed by atoms with Crippen LogP contribution in [0.3, 0.4) is 0 Å². The van der Waals surface area contributed by atoms with Crippen LogP contribution in [0.2, 0.25) is 0 Å². The van der Waals surface area contributed by atoms with Gasteiger partial charge in [0.25, 0.3) is 0 Å². The minimum absolute atomic E-state index is 0.139. The zero-order valence-corrected chi connectivity index (χ0v) is 16.8. The summed E-state index contributed by atoms with van der Waals surface area (Å²) in [6, 6.07) is 6.70. The highest BCUT2D eigenvalue weighted by molar-refractivity contribution is 7.99. The SMILES string of the molecule is C=C(C)C=CC(=C)S(=C)(=O)OC1CCN(S(=O)(=O)c2ccc(C)cc2)C1. The number of allylic oxidation sites excluding steroid dienone is 3. The van der Waals surface area contributed by atoms with Crippen LogP contribution in [0, 0.1) is 6.92 Å². The van der Waals surface area contributed by atoms with Crippen molar-refractivity contribution in [3.63, 3.8) is 0 Å². The highest BCUT2D eigenvalue weighted by Gasteiger charge is 2.34. The molecule has 0 radical (unpaired) electrons. The van der Waals surface area contributed by atoms with Crippen molar-refractivity contribution in [3.05, 3.63) is 65.6 Å². The number of benzene rings is 1. The van der Waals surface area contributed by atoms with E-state index in [1.54, 1.807) is 43.3 Å². The standard InChI is InChI=1S/C19H25NO4S2/c1-15(2)6-9-17(4)25(5,21)24-18-12-13-20(14-18)26(22,23)19-10-7-16(3)8-11-19/h6-11,18H,1,4-5,12-14H2,2-3H3. The zero-order valence-electron chi connectivity index (χ0n) is 15.2. The van der Waals surface area contributed by atoms with E-state index in [-0.39, 0.29) is 16.3 Å². The highest BCUT2D eigenvalue weighted by atomic mass is 32.2. The Bertz CT molecular complexity index is 926. The maximum absolute atomic E-state index is 12.7. The van der Waals surface area contributed by atoms with Crippen LogP contribution in [-0.2, 0) is 24.0 Å². The first kappa shape index (κ1) is 20.6. The topological polar surface area (TPSA) is 63.7 Å². The Balaban J connectivity index is 2.07. The van der Waals surface area contributed by atoms with Crippen LogP contribution in [-0.4, -0.2) is 42.0 Å². The lowest BCUT2D eigenvalue weighted by molar-refractivity contribution is 0.241. The van der Waals surface area contributed by atoms with Crippen molar-refractivity contribution in [2.75, 3.05) is 13.1 Å². The van der Waals surface area contributed by atoms with E-state index in [1.165, 1.54) is 4.31 Å². The third-order valence-corrected chi connectivity index (χ3v) is 7.41. The van der Waals surface area contributed by atoms with Gasteiger partial charge in [0, 0.05) is 18.0 Å². The Labute approximate surface area is 156 Å². The molecule has 1 aromatic rings. The molecule has 1 aromatic carbocycles. The average Bonchev–Trinajstić information content (AvgIpc) is 3.01. The molecular formula is C19H25NO4S2. The molecule has 2 atom stereocenters. The van der Waals surface area contributed by atoms with E-state index in [4.69, 9.17) is 4.18 Å². The second kappa shape index (κ2) is 7.92. The Hall–Kier alpha value is -1.67. The van der Waals surface area contributed by atoms with Crippen molar-refractivity contribution in [1.29, 1.82) is 0 Å². The fourth-order valence-electron chi connectivity index (χ4n) is 2.47. The number of rotatable bonds is 7. The lowest BCUT2D eigenvalue weighted by Gasteiger charge is -2.18. The molecule has 7 heteroatoms. The molecule has 1 aliphatic heterocycles. The second-order valence-electron chi connectivity index (χ2n) is 6.44. The summed E-state index contributed by atoms with van der Waals surface area (Å²) in [5, 5.41) is 0. The van der Waals surface area contributed by atoms with E-state index >= 15 is 0 Å². The summed E-state index contributed by atoms with van der Waals surface area (Å²) in [5.74, 6) is 3.62. The van der Waals surface area contributed by atoms with Gasteiger partial charge < -0.3 is 0 Å². The first-order chi connectivity index (χ1) is 12.0. The summed E-state index contributed by atoms with van der Waals surface area (Å²) in [7, 11) is -6.62. The van der Waals surface area contributed by atoms with E-state index in [2.05, 4.69) is 19.0 Å². The number of aryl methyl sites for hydroxylation is 1. The zero-order chi connectivity index (χ0) is 19.5. The molecule has 2 rings (SSSR count). The van der Waals surface area contributed by atoms with Crippen LogP contribution in [0.1, 0.15) is 18.9 Å². The van der Waals surface area contributed by atoms with Gasteiger partial charge in [-0.15, -0.1) is 0 Å². The van der Waals surface area contributed by atoms with Crippen molar-refractivity contribution in [3.8, 4) is 0 Å². The summed E-state index contributed by atoms with van der Waals surface area (Å²) < 4.78 is 45.0. The summed E-state index contributed by atoms with van der Waals surface area (Å²) in [6.45, 7) is 11.6.